The summed E-state index contributed by atoms with van der Waals surface area (Å²) in [5, 5.41) is 12.8. The molecular formula is C14H13ClN4O. The highest BCUT2D eigenvalue weighted by molar-refractivity contribution is 6.30. The highest BCUT2D eigenvalue weighted by atomic mass is 35.5. The van der Waals surface area contributed by atoms with E-state index >= 15 is 0 Å². The van der Waals surface area contributed by atoms with Crippen LogP contribution in [0.3, 0.4) is 0 Å². The van der Waals surface area contributed by atoms with E-state index in [1.54, 1.807) is 18.2 Å². The Labute approximate surface area is 122 Å². The smallest absolute Gasteiger partial charge is 0.235 e. The summed E-state index contributed by atoms with van der Waals surface area (Å²) in [4.78, 5) is 4.24. The molecule has 0 radical (unpaired) electrons. The van der Waals surface area contributed by atoms with Gasteiger partial charge in [-0.05, 0) is 31.2 Å². The summed E-state index contributed by atoms with van der Waals surface area (Å²) in [5.41, 5.74) is 7.22. The molecule has 0 amide bonds. The maximum Gasteiger partial charge on any atom is 0.235 e. The fourth-order valence-corrected chi connectivity index (χ4v) is 1.77. The minimum absolute atomic E-state index is 0.228. The highest BCUT2D eigenvalue weighted by Crippen LogP contribution is 2.27. The molecule has 6 heteroatoms. The third-order valence-corrected chi connectivity index (χ3v) is 2.78. The maximum absolute atomic E-state index is 9.05. The van der Waals surface area contributed by atoms with E-state index in [0.29, 0.717) is 23.1 Å². The lowest BCUT2D eigenvalue weighted by Crippen LogP contribution is -2.04. The van der Waals surface area contributed by atoms with Crippen LogP contribution in [0.15, 0.2) is 30.3 Å². The zero-order valence-electron chi connectivity index (χ0n) is 10.9. The molecular weight excluding hydrogens is 276 g/mol. The van der Waals surface area contributed by atoms with Gasteiger partial charge >= 0.3 is 0 Å². The van der Waals surface area contributed by atoms with Crippen molar-refractivity contribution < 1.29 is 4.74 Å². The average molecular weight is 289 g/mol. The molecule has 2 aromatic rings. The number of pyridine rings is 1. The molecule has 102 valence electrons. The van der Waals surface area contributed by atoms with E-state index in [1.165, 1.54) is 0 Å². The molecule has 5 nitrogen and oxygen atoms in total. The van der Waals surface area contributed by atoms with Gasteiger partial charge in [-0.1, -0.05) is 11.6 Å². The fourth-order valence-electron chi connectivity index (χ4n) is 1.64. The van der Waals surface area contributed by atoms with Crippen LogP contribution in [0.25, 0.3) is 0 Å². The third kappa shape index (κ3) is 3.11. The molecule has 0 bridgehead atoms. The zero-order chi connectivity index (χ0) is 14.5. The van der Waals surface area contributed by atoms with Crippen molar-refractivity contribution in [2.75, 3.05) is 17.7 Å². The van der Waals surface area contributed by atoms with Gasteiger partial charge in [0, 0.05) is 16.8 Å². The summed E-state index contributed by atoms with van der Waals surface area (Å²) in [5.74, 6) is 0.735. The molecule has 2 rings (SSSR count). The van der Waals surface area contributed by atoms with Crippen LogP contribution < -0.4 is 15.8 Å². The second-order valence-corrected chi connectivity index (χ2v) is 4.39. The zero-order valence-corrected chi connectivity index (χ0v) is 11.6. The summed E-state index contributed by atoms with van der Waals surface area (Å²) in [7, 11) is 0. The molecule has 0 aliphatic carbocycles. The van der Waals surface area contributed by atoms with Crippen molar-refractivity contribution >= 4 is 28.8 Å². The molecule has 1 aromatic carbocycles. The second-order valence-electron chi connectivity index (χ2n) is 3.95. The Bertz CT molecular complexity index is 649. The lowest BCUT2D eigenvalue weighted by Gasteiger charge is -2.11. The fraction of sp³-hybridized carbons (Fsp3) is 0.143. The van der Waals surface area contributed by atoms with Gasteiger partial charge in [0.2, 0.25) is 5.88 Å². The Hall–Kier alpha value is -2.45. The standard InChI is InChI=1S/C14H13ClN4O/c1-2-20-14-11(8-16)12(17)7-13(19-14)18-10-5-3-9(15)4-6-10/h3-7H,2H2,1H3,(H3,17,18,19). The van der Waals surface area contributed by atoms with Crippen LogP contribution in [0.5, 0.6) is 5.88 Å². The molecule has 0 unspecified atom stereocenters. The number of ether oxygens (including phenoxy) is 1. The number of nitrogens with two attached hydrogens (primary N) is 1. The number of nitrogens with one attached hydrogen (secondary N) is 1. The molecule has 0 aliphatic heterocycles. The van der Waals surface area contributed by atoms with Crippen molar-refractivity contribution in [1.82, 2.24) is 4.98 Å². The molecule has 0 saturated heterocycles. The summed E-state index contributed by atoms with van der Waals surface area (Å²) in [6.07, 6.45) is 0. The van der Waals surface area contributed by atoms with E-state index in [9.17, 15) is 0 Å². The topological polar surface area (TPSA) is 84.0 Å². The maximum atomic E-state index is 9.05. The minimum Gasteiger partial charge on any atom is -0.477 e. The van der Waals surface area contributed by atoms with Gasteiger partial charge in [-0.3, -0.25) is 0 Å². The number of nitriles is 1. The molecule has 0 aliphatic rings. The molecule has 1 heterocycles. The van der Waals surface area contributed by atoms with Gasteiger partial charge in [-0.2, -0.15) is 10.2 Å². The van der Waals surface area contributed by atoms with Crippen LogP contribution in [-0.4, -0.2) is 11.6 Å². The van der Waals surface area contributed by atoms with Crippen molar-refractivity contribution in [3.63, 3.8) is 0 Å². The summed E-state index contributed by atoms with van der Waals surface area (Å²) in [6, 6.07) is 10.7. The van der Waals surface area contributed by atoms with Gasteiger partial charge in [-0.25, -0.2) is 0 Å². The van der Waals surface area contributed by atoms with Crippen LogP contribution in [-0.2, 0) is 0 Å². The first-order chi connectivity index (χ1) is 9.63. The predicted octanol–water partition coefficient (Wildman–Crippen LogP) is 3.33. The van der Waals surface area contributed by atoms with E-state index in [0.717, 1.165) is 5.69 Å². The van der Waals surface area contributed by atoms with Crippen molar-refractivity contribution in [1.29, 1.82) is 5.26 Å². The summed E-state index contributed by atoms with van der Waals surface area (Å²) >= 11 is 5.83. The normalized spacial score (nSPS) is 9.85. The predicted molar refractivity (Wildman–Crippen MR) is 79.3 cm³/mol. The van der Waals surface area contributed by atoms with Gasteiger partial charge in [0.15, 0.2) is 0 Å². The van der Waals surface area contributed by atoms with Gasteiger partial charge in [0.25, 0.3) is 0 Å². The van der Waals surface area contributed by atoms with Crippen LogP contribution >= 0.6 is 11.6 Å². The average Bonchev–Trinajstić information content (AvgIpc) is 2.42. The van der Waals surface area contributed by atoms with E-state index in [-0.39, 0.29) is 11.4 Å². The number of nitrogens with zero attached hydrogens (tertiary/aromatic N) is 2. The van der Waals surface area contributed by atoms with Gasteiger partial charge in [0.1, 0.15) is 17.5 Å². The van der Waals surface area contributed by atoms with Crippen molar-refractivity contribution in [2.45, 2.75) is 6.92 Å². The Morgan fingerprint density at radius 3 is 2.70 bits per heavy atom. The number of aromatic nitrogens is 1. The molecule has 0 saturated carbocycles. The molecule has 1 aromatic heterocycles. The minimum atomic E-state index is 0.228. The van der Waals surface area contributed by atoms with Crippen LogP contribution in [0.1, 0.15) is 12.5 Å². The second kappa shape index (κ2) is 6.13. The van der Waals surface area contributed by atoms with Crippen molar-refractivity contribution in [3.8, 4) is 11.9 Å². The third-order valence-electron chi connectivity index (χ3n) is 2.53. The number of benzene rings is 1. The number of rotatable bonds is 4. The van der Waals surface area contributed by atoms with E-state index in [4.69, 9.17) is 27.3 Å². The highest BCUT2D eigenvalue weighted by Gasteiger charge is 2.11. The largest absolute Gasteiger partial charge is 0.477 e. The van der Waals surface area contributed by atoms with Gasteiger partial charge < -0.3 is 15.8 Å². The molecule has 0 spiro atoms. The summed E-state index contributed by atoms with van der Waals surface area (Å²) < 4.78 is 5.33. The van der Waals surface area contributed by atoms with E-state index < -0.39 is 0 Å². The number of anilines is 3. The summed E-state index contributed by atoms with van der Waals surface area (Å²) in [6.45, 7) is 2.23. The molecule has 3 N–H and O–H groups in total. The first-order valence-corrected chi connectivity index (χ1v) is 6.38. The SMILES string of the molecule is CCOc1nc(Nc2ccc(Cl)cc2)cc(N)c1C#N. The van der Waals surface area contributed by atoms with Gasteiger partial charge in [0.05, 0.1) is 12.3 Å². The quantitative estimate of drug-likeness (QED) is 0.901. The first-order valence-electron chi connectivity index (χ1n) is 6.00. The van der Waals surface area contributed by atoms with Crippen molar-refractivity contribution in [3.05, 3.63) is 40.9 Å². The lowest BCUT2D eigenvalue weighted by atomic mass is 10.2. The number of hydrogen-bond acceptors (Lipinski definition) is 5. The lowest BCUT2D eigenvalue weighted by molar-refractivity contribution is 0.326. The molecule has 0 atom stereocenters. The molecule has 0 fully saturated rings. The Morgan fingerprint density at radius 2 is 2.10 bits per heavy atom. The van der Waals surface area contributed by atoms with Gasteiger partial charge in [-0.15, -0.1) is 0 Å². The number of hydrogen-bond donors (Lipinski definition) is 2. The Balaban J connectivity index is 2.33. The monoisotopic (exact) mass is 288 g/mol. The van der Waals surface area contributed by atoms with Crippen LogP contribution in [0, 0.1) is 11.3 Å². The van der Waals surface area contributed by atoms with E-state index in [2.05, 4.69) is 10.3 Å². The van der Waals surface area contributed by atoms with E-state index in [1.807, 2.05) is 25.1 Å². The van der Waals surface area contributed by atoms with Crippen molar-refractivity contribution in [2.24, 2.45) is 0 Å². The van der Waals surface area contributed by atoms with Crippen LogP contribution in [0.2, 0.25) is 5.02 Å². The molecule has 20 heavy (non-hydrogen) atoms. The number of halogens is 1. The Morgan fingerprint density at radius 1 is 1.40 bits per heavy atom. The first kappa shape index (κ1) is 14.0. The Kier molecular flexibility index (Phi) is 4.28. The van der Waals surface area contributed by atoms with Crippen LogP contribution in [0.4, 0.5) is 17.2 Å². The number of nitrogen functional groups attached to an aromatic ring is 1.